The molecule has 200 valence electrons. The highest BCUT2D eigenvalue weighted by Gasteiger charge is 2.33. The van der Waals surface area contributed by atoms with Crippen molar-refractivity contribution in [3.8, 4) is 0 Å². The molecule has 1 aliphatic heterocycles. The lowest BCUT2D eigenvalue weighted by Gasteiger charge is -2.29. The molecule has 7 nitrogen and oxygen atoms in total. The predicted octanol–water partition coefficient (Wildman–Crippen LogP) is 4.36. The van der Waals surface area contributed by atoms with Gasteiger partial charge >= 0.3 is 12.3 Å². The fourth-order valence-corrected chi connectivity index (χ4v) is 4.31. The highest BCUT2D eigenvalue weighted by atomic mass is 19.4. The summed E-state index contributed by atoms with van der Waals surface area (Å²) in [4.78, 5) is 28.9. The summed E-state index contributed by atoms with van der Waals surface area (Å²) in [7, 11) is 3.01. The SMILES string of the molecule is COCCN1CCc2c(/C=C/C(=O)N(CCN(C)C(=O)O)Cc3ccccc3C(F)(F)F)cccc2C1. The van der Waals surface area contributed by atoms with Crippen LogP contribution in [-0.2, 0) is 35.2 Å². The Hall–Kier alpha value is -3.37. The van der Waals surface area contributed by atoms with Crippen molar-refractivity contribution in [2.75, 3.05) is 46.9 Å². The van der Waals surface area contributed by atoms with Crippen LogP contribution < -0.4 is 0 Å². The average Bonchev–Trinajstić information content (AvgIpc) is 2.87. The largest absolute Gasteiger partial charge is 0.465 e. The molecule has 1 heterocycles. The number of nitrogens with zero attached hydrogens (tertiary/aromatic N) is 3. The molecule has 0 bridgehead atoms. The van der Waals surface area contributed by atoms with Crippen molar-refractivity contribution in [2.45, 2.75) is 25.7 Å². The molecule has 0 unspecified atom stereocenters. The summed E-state index contributed by atoms with van der Waals surface area (Å²) in [5.41, 5.74) is 2.31. The number of halogens is 3. The topological polar surface area (TPSA) is 73.3 Å². The van der Waals surface area contributed by atoms with E-state index in [9.17, 15) is 22.8 Å². The maximum atomic E-state index is 13.5. The average molecular weight is 520 g/mol. The summed E-state index contributed by atoms with van der Waals surface area (Å²) in [6.45, 7) is 2.71. The third-order valence-corrected chi connectivity index (χ3v) is 6.43. The van der Waals surface area contributed by atoms with E-state index in [-0.39, 0.29) is 25.2 Å². The molecule has 2 aromatic carbocycles. The van der Waals surface area contributed by atoms with Gasteiger partial charge in [0.25, 0.3) is 0 Å². The van der Waals surface area contributed by atoms with Gasteiger partial charge in [0.2, 0.25) is 5.91 Å². The molecule has 37 heavy (non-hydrogen) atoms. The van der Waals surface area contributed by atoms with E-state index in [1.165, 1.54) is 36.2 Å². The molecule has 0 aliphatic carbocycles. The minimum atomic E-state index is -4.57. The maximum Gasteiger partial charge on any atom is 0.416 e. The summed E-state index contributed by atoms with van der Waals surface area (Å²) in [5, 5.41) is 9.15. The van der Waals surface area contributed by atoms with Crippen LogP contribution in [0.3, 0.4) is 0 Å². The fourth-order valence-electron chi connectivity index (χ4n) is 4.31. The van der Waals surface area contributed by atoms with Crippen molar-refractivity contribution in [3.05, 3.63) is 76.4 Å². The van der Waals surface area contributed by atoms with Crippen molar-refractivity contribution >= 4 is 18.1 Å². The standard InChI is InChI=1S/C27H32F3N3O4/c1-31(26(35)36)14-15-33(19-22-6-3-4-9-24(22)27(28,29)30)25(34)11-10-20-7-5-8-21-18-32(16-17-37-2)13-12-23(20)21/h3-11H,12-19H2,1-2H3,(H,35,36)/b11-10+. The van der Waals surface area contributed by atoms with Gasteiger partial charge in [-0.05, 0) is 40.8 Å². The first-order valence-corrected chi connectivity index (χ1v) is 12.0. The van der Waals surface area contributed by atoms with Gasteiger partial charge in [-0.1, -0.05) is 36.4 Å². The van der Waals surface area contributed by atoms with E-state index in [2.05, 4.69) is 11.0 Å². The van der Waals surface area contributed by atoms with Crippen LogP contribution >= 0.6 is 0 Å². The van der Waals surface area contributed by atoms with E-state index in [1.807, 2.05) is 12.1 Å². The second-order valence-corrected chi connectivity index (χ2v) is 8.96. The minimum absolute atomic E-state index is 0.0405. The number of rotatable bonds is 10. The molecule has 2 aromatic rings. The molecule has 3 rings (SSSR count). The van der Waals surface area contributed by atoms with Gasteiger partial charge in [-0.25, -0.2) is 4.79 Å². The van der Waals surface area contributed by atoms with Crippen molar-refractivity contribution in [2.24, 2.45) is 0 Å². The van der Waals surface area contributed by atoms with Gasteiger partial charge in [0.1, 0.15) is 0 Å². The number of likely N-dealkylation sites (N-methyl/N-ethyl adjacent to an activating group) is 1. The quantitative estimate of drug-likeness (QED) is 0.473. The highest BCUT2D eigenvalue weighted by molar-refractivity contribution is 5.92. The Kier molecular flexibility index (Phi) is 9.71. The number of methoxy groups -OCH3 is 1. The zero-order valence-corrected chi connectivity index (χ0v) is 21.0. The van der Waals surface area contributed by atoms with Crippen LogP contribution in [0.5, 0.6) is 0 Å². The van der Waals surface area contributed by atoms with E-state index in [4.69, 9.17) is 9.84 Å². The molecule has 0 atom stereocenters. The minimum Gasteiger partial charge on any atom is -0.465 e. The Morgan fingerprint density at radius 2 is 1.89 bits per heavy atom. The smallest absolute Gasteiger partial charge is 0.416 e. The Balaban J connectivity index is 1.81. The molecule has 0 spiro atoms. The summed E-state index contributed by atoms with van der Waals surface area (Å²) in [5.74, 6) is -0.495. The van der Waals surface area contributed by atoms with Crippen molar-refractivity contribution in [1.29, 1.82) is 0 Å². The second-order valence-electron chi connectivity index (χ2n) is 8.96. The summed E-state index contributed by atoms with van der Waals surface area (Å²) in [6, 6.07) is 11.0. The third-order valence-electron chi connectivity index (χ3n) is 6.43. The van der Waals surface area contributed by atoms with Gasteiger partial charge in [0, 0.05) is 59.5 Å². The predicted molar refractivity (Wildman–Crippen MR) is 134 cm³/mol. The molecule has 10 heteroatoms. The van der Waals surface area contributed by atoms with E-state index in [0.717, 1.165) is 53.7 Å². The van der Waals surface area contributed by atoms with Crippen LogP contribution in [-0.4, -0.2) is 78.8 Å². The number of hydrogen-bond acceptors (Lipinski definition) is 4. The highest BCUT2D eigenvalue weighted by Crippen LogP contribution is 2.32. The van der Waals surface area contributed by atoms with Crippen molar-refractivity contribution in [3.63, 3.8) is 0 Å². The molecular weight excluding hydrogens is 487 g/mol. The zero-order valence-electron chi connectivity index (χ0n) is 21.0. The Labute approximate surface area is 214 Å². The molecule has 1 N–H and O–H groups in total. The molecule has 1 aliphatic rings. The zero-order chi connectivity index (χ0) is 27.0. The van der Waals surface area contributed by atoms with Gasteiger partial charge in [0.15, 0.2) is 0 Å². The van der Waals surface area contributed by atoms with E-state index >= 15 is 0 Å². The van der Waals surface area contributed by atoms with Crippen LogP contribution in [0.25, 0.3) is 6.08 Å². The number of ether oxygens (including phenoxy) is 1. The molecule has 0 radical (unpaired) electrons. The first-order chi connectivity index (χ1) is 17.6. The first kappa shape index (κ1) is 28.2. The van der Waals surface area contributed by atoms with E-state index in [0.29, 0.717) is 6.61 Å². The number of amides is 2. The van der Waals surface area contributed by atoms with Crippen LogP contribution in [0.4, 0.5) is 18.0 Å². The first-order valence-electron chi connectivity index (χ1n) is 12.0. The number of carbonyl (C=O) groups excluding carboxylic acids is 1. The number of benzene rings is 2. The Morgan fingerprint density at radius 3 is 2.59 bits per heavy atom. The summed E-state index contributed by atoms with van der Waals surface area (Å²) < 4.78 is 45.8. The maximum absolute atomic E-state index is 13.5. The summed E-state index contributed by atoms with van der Waals surface area (Å²) >= 11 is 0. The number of alkyl halides is 3. The van der Waals surface area contributed by atoms with E-state index < -0.39 is 23.7 Å². The van der Waals surface area contributed by atoms with Crippen molar-refractivity contribution < 1.29 is 32.6 Å². The molecule has 0 saturated carbocycles. The van der Waals surface area contributed by atoms with Crippen LogP contribution in [0.1, 0.15) is 27.8 Å². The van der Waals surface area contributed by atoms with Gasteiger partial charge in [-0.2, -0.15) is 13.2 Å². The molecule has 2 amide bonds. The van der Waals surface area contributed by atoms with Crippen LogP contribution in [0.2, 0.25) is 0 Å². The monoisotopic (exact) mass is 519 g/mol. The van der Waals surface area contributed by atoms with Crippen molar-refractivity contribution in [1.82, 2.24) is 14.7 Å². The van der Waals surface area contributed by atoms with Gasteiger partial charge < -0.3 is 19.6 Å². The Morgan fingerprint density at radius 1 is 1.14 bits per heavy atom. The second kappa shape index (κ2) is 12.7. The van der Waals surface area contributed by atoms with Gasteiger partial charge in [-0.15, -0.1) is 0 Å². The number of hydrogen-bond donors (Lipinski definition) is 1. The lowest BCUT2D eigenvalue weighted by Crippen LogP contribution is -2.38. The Bertz CT molecular complexity index is 1120. The number of fused-ring (bicyclic) bond motifs is 1. The number of carbonyl (C=O) groups is 2. The van der Waals surface area contributed by atoms with Crippen LogP contribution in [0, 0.1) is 0 Å². The van der Waals surface area contributed by atoms with Gasteiger partial charge in [-0.3, -0.25) is 9.69 Å². The fraction of sp³-hybridized carbons (Fsp3) is 0.407. The lowest BCUT2D eigenvalue weighted by molar-refractivity contribution is -0.139. The summed E-state index contributed by atoms with van der Waals surface area (Å²) in [6.07, 6.45) is -1.91. The normalized spacial score (nSPS) is 14.0. The lowest BCUT2D eigenvalue weighted by atomic mass is 9.94. The number of carboxylic acid groups (broad SMARTS) is 1. The molecule has 0 fully saturated rings. The molecule has 0 saturated heterocycles. The van der Waals surface area contributed by atoms with Crippen LogP contribution in [0.15, 0.2) is 48.5 Å². The third kappa shape index (κ3) is 7.80. The van der Waals surface area contributed by atoms with Gasteiger partial charge in [0.05, 0.1) is 12.2 Å². The van der Waals surface area contributed by atoms with E-state index in [1.54, 1.807) is 13.2 Å². The molecular formula is C27H32F3N3O4. The molecule has 0 aromatic heterocycles.